The van der Waals surface area contributed by atoms with Crippen LogP contribution in [0.4, 0.5) is 14.5 Å². The molecule has 10 heteroatoms. The summed E-state index contributed by atoms with van der Waals surface area (Å²) in [5, 5.41) is 7.49. The van der Waals surface area contributed by atoms with E-state index in [9.17, 15) is 13.6 Å². The maximum absolute atomic E-state index is 12.5. The smallest absolute Gasteiger partial charge is 0.314 e. The first-order valence-corrected chi connectivity index (χ1v) is 8.17. The number of thiazole rings is 1. The van der Waals surface area contributed by atoms with E-state index in [0.29, 0.717) is 22.0 Å². The van der Waals surface area contributed by atoms with Crippen LogP contribution < -0.4 is 4.90 Å². The molecule has 130 valence electrons. The number of rotatable bonds is 6. The van der Waals surface area contributed by atoms with Crippen LogP contribution in [0.1, 0.15) is 30.7 Å². The molecule has 0 unspecified atom stereocenters. The number of alkyl halides is 2. The van der Waals surface area contributed by atoms with Crippen molar-refractivity contribution in [3.8, 4) is 10.8 Å². The van der Waals surface area contributed by atoms with Crippen LogP contribution in [0, 0.1) is 0 Å². The first kappa shape index (κ1) is 17.1. The third kappa shape index (κ3) is 3.85. The van der Waals surface area contributed by atoms with Crippen molar-refractivity contribution in [2.24, 2.45) is 0 Å². The van der Waals surface area contributed by atoms with E-state index in [2.05, 4.69) is 20.2 Å². The number of carbonyl (C=O) groups excluding carboxylic acids is 1. The Hall–Kier alpha value is -2.75. The van der Waals surface area contributed by atoms with Gasteiger partial charge in [0.05, 0.1) is 24.6 Å². The number of hydrogen-bond donors (Lipinski definition) is 0. The third-order valence-corrected chi connectivity index (χ3v) is 4.22. The molecule has 3 heterocycles. The van der Waals surface area contributed by atoms with E-state index in [1.807, 2.05) is 0 Å². The zero-order valence-electron chi connectivity index (χ0n) is 13.1. The molecule has 3 rings (SSSR count). The number of anilines is 1. The van der Waals surface area contributed by atoms with Crippen molar-refractivity contribution in [1.82, 2.24) is 20.2 Å². The number of amides is 1. The Morgan fingerprint density at radius 2 is 2.20 bits per heavy atom. The monoisotopic (exact) mass is 365 g/mol. The second-order valence-electron chi connectivity index (χ2n) is 4.91. The molecule has 0 saturated heterocycles. The topological polar surface area (TPSA) is 85.0 Å². The molecule has 1 amide bonds. The highest BCUT2D eigenvalue weighted by atomic mass is 32.1. The Morgan fingerprint density at radius 1 is 1.36 bits per heavy atom. The van der Waals surface area contributed by atoms with Gasteiger partial charge in [0.2, 0.25) is 5.91 Å². The summed E-state index contributed by atoms with van der Waals surface area (Å²) in [6, 6.07) is 3.52. The summed E-state index contributed by atoms with van der Waals surface area (Å²) in [7, 11) is 0. The molecule has 25 heavy (non-hydrogen) atoms. The molecule has 3 aromatic rings. The van der Waals surface area contributed by atoms with E-state index in [1.165, 1.54) is 17.5 Å². The largest absolute Gasteiger partial charge is 0.414 e. The number of halogens is 2. The van der Waals surface area contributed by atoms with Crippen LogP contribution in [0.5, 0.6) is 0 Å². The van der Waals surface area contributed by atoms with Gasteiger partial charge < -0.3 is 9.32 Å². The molecule has 3 aromatic heterocycles. The highest BCUT2D eigenvalue weighted by Gasteiger charge is 2.20. The number of hydrogen-bond acceptors (Lipinski definition) is 7. The number of carbonyl (C=O) groups is 1. The Kier molecular flexibility index (Phi) is 5.08. The SMILES string of the molecule is CCC(=O)N(Cc1ncc(-c2nnc(C(F)F)o2)s1)c1cccnc1. The molecule has 0 bridgehead atoms. The lowest BCUT2D eigenvalue weighted by atomic mass is 10.3. The molecule has 0 radical (unpaired) electrons. The zero-order valence-corrected chi connectivity index (χ0v) is 13.9. The van der Waals surface area contributed by atoms with Gasteiger partial charge in [-0.15, -0.1) is 21.5 Å². The van der Waals surface area contributed by atoms with Crippen molar-refractivity contribution in [1.29, 1.82) is 0 Å². The fourth-order valence-corrected chi connectivity index (χ4v) is 2.90. The van der Waals surface area contributed by atoms with E-state index >= 15 is 0 Å². The second kappa shape index (κ2) is 7.43. The summed E-state index contributed by atoms with van der Waals surface area (Å²) in [4.78, 5) is 22.5. The van der Waals surface area contributed by atoms with Crippen LogP contribution in [-0.4, -0.2) is 26.1 Å². The van der Waals surface area contributed by atoms with E-state index in [0.717, 1.165) is 0 Å². The van der Waals surface area contributed by atoms with Crippen molar-refractivity contribution in [3.05, 3.63) is 41.6 Å². The van der Waals surface area contributed by atoms with Crippen molar-refractivity contribution in [2.75, 3.05) is 4.90 Å². The van der Waals surface area contributed by atoms with Crippen LogP contribution >= 0.6 is 11.3 Å². The van der Waals surface area contributed by atoms with Crippen LogP contribution in [0.3, 0.4) is 0 Å². The van der Waals surface area contributed by atoms with Crippen molar-refractivity contribution in [2.45, 2.75) is 26.3 Å². The van der Waals surface area contributed by atoms with Crippen molar-refractivity contribution in [3.63, 3.8) is 0 Å². The average Bonchev–Trinajstić information content (AvgIpc) is 3.29. The summed E-state index contributed by atoms with van der Waals surface area (Å²) < 4.78 is 30.0. The fourth-order valence-electron chi connectivity index (χ4n) is 2.07. The van der Waals surface area contributed by atoms with Gasteiger partial charge in [-0.2, -0.15) is 8.78 Å². The molecule has 0 aliphatic rings. The second-order valence-corrected chi connectivity index (χ2v) is 6.02. The fraction of sp³-hybridized carbons (Fsp3) is 0.267. The highest BCUT2D eigenvalue weighted by molar-refractivity contribution is 7.15. The standard InChI is InChI=1S/C15H13F2N5O2S/c1-2-12(23)22(9-4-3-5-18-6-9)8-11-19-7-10(25-11)14-20-21-15(24-14)13(16)17/h3-7,13H,2,8H2,1H3. The Bertz CT molecular complexity index is 852. The molecule has 0 atom stereocenters. The van der Waals surface area contributed by atoms with E-state index < -0.39 is 12.3 Å². The minimum Gasteiger partial charge on any atom is -0.414 e. The molecule has 0 fully saturated rings. The number of pyridine rings is 1. The van der Waals surface area contributed by atoms with Gasteiger partial charge in [0.1, 0.15) is 9.88 Å². The van der Waals surface area contributed by atoms with Gasteiger partial charge in [0.15, 0.2) is 0 Å². The van der Waals surface area contributed by atoms with Gasteiger partial charge in [-0.25, -0.2) is 4.98 Å². The lowest BCUT2D eigenvalue weighted by Gasteiger charge is -2.20. The van der Waals surface area contributed by atoms with Gasteiger partial charge in [-0.3, -0.25) is 9.78 Å². The molecular formula is C15H13F2N5O2S. The normalized spacial score (nSPS) is 11.0. The summed E-state index contributed by atoms with van der Waals surface area (Å²) in [6.07, 6.45) is 2.18. The molecule has 0 aliphatic heterocycles. The summed E-state index contributed by atoms with van der Waals surface area (Å²) in [6.45, 7) is 2.00. The molecule has 0 spiro atoms. The minimum atomic E-state index is -2.82. The quantitative estimate of drug-likeness (QED) is 0.665. The molecule has 0 N–H and O–H groups in total. The van der Waals surface area contributed by atoms with Gasteiger partial charge in [0.25, 0.3) is 11.8 Å². The first-order valence-electron chi connectivity index (χ1n) is 7.35. The van der Waals surface area contributed by atoms with E-state index in [4.69, 9.17) is 4.42 Å². The summed E-state index contributed by atoms with van der Waals surface area (Å²) >= 11 is 1.20. The van der Waals surface area contributed by atoms with Crippen LogP contribution in [0.2, 0.25) is 0 Å². The summed E-state index contributed by atoms with van der Waals surface area (Å²) in [5.74, 6) is -0.834. The highest BCUT2D eigenvalue weighted by Crippen LogP contribution is 2.29. The van der Waals surface area contributed by atoms with Gasteiger partial charge >= 0.3 is 6.43 Å². The Balaban J connectivity index is 1.81. The van der Waals surface area contributed by atoms with Gasteiger partial charge in [0, 0.05) is 12.6 Å². The summed E-state index contributed by atoms with van der Waals surface area (Å²) in [5.41, 5.74) is 0.656. The lowest BCUT2D eigenvalue weighted by Crippen LogP contribution is -2.29. The predicted octanol–water partition coefficient (Wildman–Crippen LogP) is 3.47. The molecule has 0 aromatic carbocycles. The average molecular weight is 365 g/mol. The van der Waals surface area contributed by atoms with Crippen LogP contribution in [-0.2, 0) is 11.3 Å². The maximum atomic E-state index is 12.5. The van der Waals surface area contributed by atoms with Gasteiger partial charge in [-0.05, 0) is 12.1 Å². The zero-order chi connectivity index (χ0) is 17.8. The first-order chi connectivity index (χ1) is 12.1. The van der Waals surface area contributed by atoms with E-state index in [-0.39, 0.29) is 18.3 Å². The van der Waals surface area contributed by atoms with Crippen LogP contribution in [0.15, 0.2) is 35.1 Å². The molecule has 7 nitrogen and oxygen atoms in total. The molecular weight excluding hydrogens is 352 g/mol. The molecule has 0 aliphatic carbocycles. The Labute approximate surface area is 145 Å². The van der Waals surface area contributed by atoms with Gasteiger partial charge in [-0.1, -0.05) is 6.92 Å². The third-order valence-electron chi connectivity index (χ3n) is 3.25. The van der Waals surface area contributed by atoms with Crippen LogP contribution in [0.25, 0.3) is 10.8 Å². The van der Waals surface area contributed by atoms with Crippen molar-refractivity contribution < 1.29 is 18.0 Å². The predicted molar refractivity (Wildman–Crippen MR) is 86.1 cm³/mol. The number of aromatic nitrogens is 4. The molecule has 0 saturated carbocycles. The maximum Gasteiger partial charge on any atom is 0.314 e. The minimum absolute atomic E-state index is 0.0196. The van der Waals surface area contributed by atoms with E-state index in [1.54, 1.807) is 36.4 Å². The van der Waals surface area contributed by atoms with Crippen molar-refractivity contribution >= 4 is 22.9 Å². The lowest BCUT2D eigenvalue weighted by molar-refractivity contribution is -0.118. The Morgan fingerprint density at radius 3 is 2.84 bits per heavy atom. The number of nitrogens with zero attached hydrogens (tertiary/aromatic N) is 5.